The first-order valence-corrected chi connectivity index (χ1v) is 11.1. The Balaban J connectivity index is 3.46. The monoisotopic (exact) mass is 384 g/mol. The molecule has 0 aromatic carbocycles. The topological polar surface area (TPSA) is 52.6 Å². The van der Waals surface area contributed by atoms with Gasteiger partial charge in [-0.1, -0.05) is 85.5 Å². The molecule has 0 aliphatic carbocycles. The number of ether oxygens (including phenoxy) is 2. The Hall–Kier alpha value is -1.06. The molecule has 4 heteroatoms. The maximum atomic E-state index is 11.8. The number of carbonyl (C=O) groups excluding carboxylic acids is 2. The molecular weight excluding hydrogens is 340 g/mol. The van der Waals surface area contributed by atoms with Crippen molar-refractivity contribution in [3.63, 3.8) is 0 Å². The SMILES string of the molecule is CCCCCCCCCCCCOC(=O)CCCC(=O)OC(C)C(C)(C)C. The van der Waals surface area contributed by atoms with Gasteiger partial charge in [0.05, 0.1) is 6.61 Å². The fraction of sp³-hybridized carbons (Fsp3) is 0.913. The van der Waals surface area contributed by atoms with Crippen molar-refractivity contribution in [3.8, 4) is 0 Å². The van der Waals surface area contributed by atoms with Crippen LogP contribution in [0.2, 0.25) is 0 Å². The number of hydrogen-bond acceptors (Lipinski definition) is 4. The molecule has 0 aromatic rings. The fourth-order valence-electron chi connectivity index (χ4n) is 2.66. The number of unbranched alkanes of at least 4 members (excludes halogenated alkanes) is 9. The van der Waals surface area contributed by atoms with Gasteiger partial charge in [-0.15, -0.1) is 0 Å². The first-order chi connectivity index (χ1) is 12.8. The van der Waals surface area contributed by atoms with Crippen molar-refractivity contribution in [2.45, 2.75) is 124 Å². The zero-order valence-electron chi connectivity index (χ0n) is 18.6. The highest BCUT2D eigenvalue weighted by Gasteiger charge is 2.23. The summed E-state index contributed by atoms with van der Waals surface area (Å²) in [6.45, 7) is 10.8. The molecule has 0 spiro atoms. The van der Waals surface area contributed by atoms with Gasteiger partial charge in [-0.3, -0.25) is 9.59 Å². The third-order valence-electron chi connectivity index (χ3n) is 5.05. The van der Waals surface area contributed by atoms with E-state index in [2.05, 4.69) is 6.92 Å². The number of esters is 2. The molecular formula is C23H44O4. The van der Waals surface area contributed by atoms with Crippen LogP contribution in [0.15, 0.2) is 0 Å². The van der Waals surface area contributed by atoms with Gasteiger partial charge >= 0.3 is 11.9 Å². The Bertz CT molecular complexity index is 384. The van der Waals surface area contributed by atoms with Crippen LogP contribution in [0.1, 0.15) is 118 Å². The lowest BCUT2D eigenvalue weighted by Gasteiger charge is -2.26. The van der Waals surface area contributed by atoms with Crippen LogP contribution in [0.4, 0.5) is 0 Å². The average molecular weight is 385 g/mol. The third-order valence-corrected chi connectivity index (χ3v) is 5.05. The van der Waals surface area contributed by atoms with Crippen molar-refractivity contribution < 1.29 is 19.1 Å². The molecule has 4 nitrogen and oxygen atoms in total. The molecule has 0 aromatic heterocycles. The summed E-state index contributed by atoms with van der Waals surface area (Å²) in [5, 5.41) is 0. The maximum Gasteiger partial charge on any atom is 0.306 e. The van der Waals surface area contributed by atoms with Gasteiger partial charge in [0.1, 0.15) is 6.10 Å². The molecule has 0 fully saturated rings. The lowest BCUT2D eigenvalue weighted by atomic mass is 9.90. The van der Waals surface area contributed by atoms with E-state index in [-0.39, 0.29) is 36.3 Å². The summed E-state index contributed by atoms with van der Waals surface area (Å²) in [5.74, 6) is -0.442. The number of carbonyl (C=O) groups is 2. The molecule has 0 heterocycles. The quantitative estimate of drug-likeness (QED) is 0.222. The van der Waals surface area contributed by atoms with E-state index in [4.69, 9.17) is 9.47 Å². The Labute approximate surface area is 167 Å². The molecule has 0 saturated heterocycles. The van der Waals surface area contributed by atoms with Crippen molar-refractivity contribution in [1.29, 1.82) is 0 Å². The summed E-state index contributed by atoms with van der Waals surface area (Å²) in [4.78, 5) is 23.5. The Morgan fingerprint density at radius 3 is 1.74 bits per heavy atom. The summed E-state index contributed by atoms with van der Waals surface area (Å²) in [7, 11) is 0. The summed E-state index contributed by atoms with van der Waals surface area (Å²) in [5.41, 5.74) is -0.0658. The minimum atomic E-state index is -0.236. The molecule has 0 amide bonds. The lowest BCUT2D eigenvalue weighted by molar-refractivity contribution is -0.153. The summed E-state index contributed by atoms with van der Waals surface area (Å²) >= 11 is 0. The largest absolute Gasteiger partial charge is 0.466 e. The standard InChI is InChI=1S/C23H44O4/c1-6-7-8-9-10-11-12-13-14-15-19-26-21(24)17-16-18-22(25)27-20(2)23(3,4)5/h20H,6-19H2,1-5H3. The van der Waals surface area contributed by atoms with Gasteiger partial charge in [0.25, 0.3) is 0 Å². The maximum absolute atomic E-state index is 11.8. The van der Waals surface area contributed by atoms with Crippen molar-refractivity contribution in [2.75, 3.05) is 6.61 Å². The van der Waals surface area contributed by atoms with Crippen LogP contribution >= 0.6 is 0 Å². The minimum absolute atomic E-state index is 0.0658. The zero-order valence-corrected chi connectivity index (χ0v) is 18.6. The van der Waals surface area contributed by atoms with Gasteiger partial charge in [-0.2, -0.15) is 0 Å². The third kappa shape index (κ3) is 16.8. The molecule has 0 aliphatic rings. The van der Waals surface area contributed by atoms with Crippen LogP contribution in [0.3, 0.4) is 0 Å². The lowest BCUT2D eigenvalue weighted by Crippen LogP contribution is -2.28. The van der Waals surface area contributed by atoms with Crippen molar-refractivity contribution in [2.24, 2.45) is 5.41 Å². The van der Waals surface area contributed by atoms with E-state index in [0.29, 0.717) is 13.0 Å². The van der Waals surface area contributed by atoms with Gasteiger partial charge < -0.3 is 9.47 Å². The summed E-state index contributed by atoms with van der Waals surface area (Å²) < 4.78 is 10.6. The van der Waals surface area contributed by atoms with Crippen LogP contribution in [-0.2, 0) is 19.1 Å². The first-order valence-electron chi connectivity index (χ1n) is 11.1. The Morgan fingerprint density at radius 1 is 0.741 bits per heavy atom. The molecule has 0 N–H and O–H groups in total. The first kappa shape index (κ1) is 25.9. The summed E-state index contributed by atoms with van der Waals surface area (Å²) in [6, 6.07) is 0. The van der Waals surface area contributed by atoms with Crippen molar-refractivity contribution in [3.05, 3.63) is 0 Å². The second-order valence-electron chi connectivity index (χ2n) is 8.75. The molecule has 0 radical (unpaired) electrons. The molecule has 0 rings (SSSR count). The van der Waals surface area contributed by atoms with Gasteiger partial charge in [0.2, 0.25) is 0 Å². The highest BCUT2D eigenvalue weighted by atomic mass is 16.5. The number of rotatable bonds is 16. The smallest absolute Gasteiger partial charge is 0.306 e. The van der Waals surface area contributed by atoms with Crippen molar-refractivity contribution in [1.82, 2.24) is 0 Å². The van der Waals surface area contributed by atoms with Crippen LogP contribution < -0.4 is 0 Å². The van der Waals surface area contributed by atoms with Crippen LogP contribution in [-0.4, -0.2) is 24.6 Å². The molecule has 1 atom stereocenters. The minimum Gasteiger partial charge on any atom is -0.466 e. The van der Waals surface area contributed by atoms with E-state index in [1.54, 1.807) is 0 Å². The average Bonchev–Trinajstić information content (AvgIpc) is 2.58. The number of hydrogen-bond donors (Lipinski definition) is 0. The highest BCUT2D eigenvalue weighted by Crippen LogP contribution is 2.22. The molecule has 0 aliphatic heterocycles. The van der Waals surface area contributed by atoms with Gasteiger partial charge in [-0.25, -0.2) is 0 Å². The molecule has 160 valence electrons. The van der Waals surface area contributed by atoms with E-state index in [0.717, 1.165) is 12.8 Å². The van der Waals surface area contributed by atoms with Gasteiger partial charge in [0, 0.05) is 12.8 Å². The second-order valence-corrected chi connectivity index (χ2v) is 8.75. The van der Waals surface area contributed by atoms with Crippen LogP contribution in [0.25, 0.3) is 0 Å². The van der Waals surface area contributed by atoms with Crippen molar-refractivity contribution >= 4 is 11.9 Å². The predicted octanol–water partition coefficient (Wildman–Crippen LogP) is 6.60. The second kappa shape index (κ2) is 15.9. The van der Waals surface area contributed by atoms with Gasteiger partial charge in [-0.05, 0) is 25.2 Å². The molecule has 0 bridgehead atoms. The molecule has 0 saturated carbocycles. The van der Waals surface area contributed by atoms with E-state index in [9.17, 15) is 9.59 Å². The fourth-order valence-corrected chi connectivity index (χ4v) is 2.66. The van der Waals surface area contributed by atoms with E-state index < -0.39 is 0 Å². The Morgan fingerprint density at radius 2 is 1.22 bits per heavy atom. The highest BCUT2D eigenvalue weighted by molar-refractivity contribution is 5.72. The normalized spacial score (nSPS) is 12.6. The van der Waals surface area contributed by atoms with Crippen LogP contribution in [0.5, 0.6) is 0 Å². The Kier molecular flexibility index (Phi) is 15.3. The summed E-state index contributed by atoms with van der Waals surface area (Å²) in [6.07, 6.45) is 13.6. The van der Waals surface area contributed by atoms with E-state index in [1.165, 1.54) is 51.4 Å². The van der Waals surface area contributed by atoms with Crippen LogP contribution in [0, 0.1) is 5.41 Å². The molecule has 27 heavy (non-hydrogen) atoms. The van der Waals surface area contributed by atoms with E-state index >= 15 is 0 Å². The molecule has 1 unspecified atom stereocenters. The van der Waals surface area contributed by atoms with Gasteiger partial charge in [0.15, 0.2) is 0 Å². The predicted molar refractivity (Wildman–Crippen MR) is 112 cm³/mol. The van der Waals surface area contributed by atoms with E-state index in [1.807, 2.05) is 27.7 Å². The zero-order chi connectivity index (χ0) is 20.5.